The Morgan fingerprint density at radius 1 is 0.950 bits per heavy atom. The van der Waals surface area contributed by atoms with Crippen LogP contribution in [-0.2, 0) is 24.9 Å². The molecule has 4 bridgehead atoms. The third-order valence-corrected chi connectivity index (χ3v) is 5.72. The van der Waals surface area contributed by atoms with Crippen molar-refractivity contribution in [3.05, 3.63) is 29.8 Å². The molecule has 4 saturated carbocycles. The van der Waals surface area contributed by atoms with E-state index >= 15 is 0 Å². The summed E-state index contributed by atoms with van der Waals surface area (Å²) in [6.07, 6.45) is 8.77. The number of ether oxygens (including phenoxy) is 1. The first-order valence-corrected chi connectivity index (χ1v) is 7.42. The van der Waals surface area contributed by atoms with E-state index in [1.165, 1.54) is 44.1 Å². The van der Waals surface area contributed by atoms with Crippen LogP contribution in [0.1, 0.15) is 44.1 Å². The molecular formula is C17H23BrOZn. The monoisotopic (exact) mass is 386 g/mol. The van der Waals surface area contributed by atoms with Crippen LogP contribution in [-0.4, -0.2) is 7.11 Å². The zero-order valence-electron chi connectivity index (χ0n) is 12.3. The van der Waals surface area contributed by atoms with Gasteiger partial charge in [-0.25, -0.2) is 0 Å². The minimum atomic E-state index is 0. The maximum Gasteiger partial charge on any atom is 0.122 e. The van der Waals surface area contributed by atoms with Gasteiger partial charge in [0.25, 0.3) is 0 Å². The fourth-order valence-corrected chi connectivity index (χ4v) is 5.52. The molecule has 0 N–H and O–H groups in total. The largest absolute Gasteiger partial charge is 0.496 e. The standard InChI is InChI=1S/C17H22O.BrH.Zn/c1-18-16-5-3-2-4-15(16)17-9-12-6-13(10-17)8-14(7-12)11-17;;/h2-5,12-14H,6-11H2,1H3;1H;. The molecule has 0 amide bonds. The van der Waals surface area contributed by atoms with Gasteiger partial charge in [-0.2, -0.15) is 0 Å². The van der Waals surface area contributed by atoms with Gasteiger partial charge in [0, 0.05) is 25.0 Å². The van der Waals surface area contributed by atoms with Crippen LogP contribution in [0, 0.1) is 17.8 Å². The molecule has 0 radical (unpaired) electrons. The van der Waals surface area contributed by atoms with E-state index in [-0.39, 0.29) is 36.5 Å². The Morgan fingerprint density at radius 3 is 1.95 bits per heavy atom. The second kappa shape index (κ2) is 6.09. The van der Waals surface area contributed by atoms with Gasteiger partial charge in [-0.05, 0) is 67.8 Å². The van der Waals surface area contributed by atoms with E-state index in [1.807, 2.05) is 7.11 Å². The molecule has 0 atom stereocenters. The average molecular weight is 389 g/mol. The fraction of sp³-hybridized carbons (Fsp3) is 0.647. The van der Waals surface area contributed by atoms with Crippen LogP contribution in [0.15, 0.2) is 24.3 Å². The van der Waals surface area contributed by atoms with E-state index < -0.39 is 0 Å². The van der Waals surface area contributed by atoms with Crippen LogP contribution in [0.5, 0.6) is 5.75 Å². The Balaban J connectivity index is 0.000000735. The minimum Gasteiger partial charge on any atom is -0.496 e. The summed E-state index contributed by atoms with van der Waals surface area (Å²) >= 11 is 0. The van der Waals surface area contributed by atoms with Gasteiger partial charge in [-0.3, -0.25) is 0 Å². The van der Waals surface area contributed by atoms with Crippen LogP contribution in [0.25, 0.3) is 0 Å². The number of methoxy groups -OCH3 is 1. The molecule has 4 aliphatic rings. The van der Waals surface area contributed by atoms with Crippen molar-refractivity contribution in [1.29, 1.82) is 0 Å². The van der Waals surface area contributed by atoms with E-state index in [9.17, 15) is 0 Å². The predicted molar refractivity (Wildman–Crippen MR) is 83.2 cm³/mol. The second-order valence-electron chi connectivity index (χ2n) is 6.90. The van der Waals surface area contributed by atoms with E-state index in [2.05, 4.69) is 24.3 Å². The Hall–Kier alpha value is 0.123. The summed E-state index contributed by atoms with van der Waals surface area (Å²) in [5.41, 5.74) is 1.97. The molecule has 1 aromatic rings. The Kier molecular flexibility index (Phi) is 5.02. The van der Waals surface area contributed by atoms with Crippen molar-refractivity contribution in [3.8, 4) is 5.75 Å². The Morgan fingerprint density at radius 2 is 1.45 bits per heavy atom. The van der Waals surface area contributed by atoms with Crippen LogP contribution >= 0.6 is 17.0 Å². The summed E-state index contributed by atoms with van der Waals surface area (Å²) in [4.78, 5) is 0. The molecule has 0 aliphatic heterocycles. The average Bonchev–Trinajstić information content (AvgIpc) is 2.37. The van der Waals surface area contributed by atoms with Crippen LogP contribution in [0.2, 0.25) is 0 Å². The SMILES string of the molecule is Br.COc1ccccc1C12CC3CC(CC(C3)C1)C2.[Zn]. The molecule has 1 nitrogen and oxygen atoms in total. The predicted octanol–water partition coefficient (Wildman–Crippen LogP) is 4.74. The molecule has 4 fully saturated rings. The van der Waals surface area contributed by atoms with Gasteiger partial charge in [0.2, 0.25) is 0 Å². The third-order valence-electron chi connectivity index (χ3n) is 5.72. The van der Waals surface area contributed by atoms with Crippen LogP contribution < -0.4 is 4.74 Å². The molecule has 0 unspecified atom stereocenters. The molecule has 106 valence electrons. The maximum atomic E-state index is 5.63. The molecule has 3 heteroatoms. The molecule has 20 heavy (non-hydrogen) atoms. The molecule has 0 saturated heterocycles. The van der Waals surface area contributed by atoms with E-state index in [0.29, 0.717) is 5.41 Å². The first kappa shape index (κ1) is 16.5. The molecule has 1 aromatic carbocycles. The van der Waals surface area contributed by atoms with Gasteiger partial charge in [-0.15, -0.1) is 17.0 Å². The van der Waals surface area contributed by atoms with E-state index in [1.54, 1.807) is 0 Å². The van der Waals surface area contributed by atoms with E-state index in [0.717, 1.165) is 23.5 Å². The molecular weight excluding hydrogens is 365 g/mol. The summed E-state index contributed by atoms with van der Waals surface area (Å²) < 4.78 is 5.63. The summed E-state index contributed by atoms with van der Waals surface area (Å²) in [7, 11) is 1.82. The van der Waals surface area contributed by atoms with Crippen molar-refractivity contribution in [3.63, 3.8) is 0 Å². The summed E-state index contributed by atoms with van der Waals surface area (Å²) in [6, 6.07) is 8.76. The Bertz CT molecular complexity index is 439. The van der Waals surface area contributed by atoms with Gasteiger partial charge in [0.05, 0.1) is 7.11 Å². The Labute approximate surface area is 145 Å². The first-order valence-electron chi connectivity index (χ1n) is 7.42. The number of halogens is 1. The van der Waals surface area contributed by atoms with Gasteiger partial charge in [-0.1, -0.05) is 18.2 Å². The zero-order chi connectivity index (χ0) is 12.2. The maximum absolute atomic E-state index is 5.63. The van der Waals surface area contributed by atoms with Gasteiger partial charge < -0.3 is 4.74 Å². The van der Waals surface area contributed by atoms with Crippen molar-refractivity contribution in [2.24, 2.45) is 17.8 Å². The van der Waals surface area contributed by atoms with Crippen LogP contribution in [0.4, 0.5) is 0 Å². The van der Waals surface area contributed by atoms with Gasteiger partial charge in [0.1, 0.15) is 5.75 Å². The summed E-state index contributed by atoms with van der Waals surface area (Å²) in [6.45, 7) is 0. The number of benzene rings is 1. The number of hydrogen-bond donors (Lipinski definition) is 0. The third kappa shape index (κ3) is 2.50. The van der Waals surface area contributed by atoms with Crippen LogP contribution in [0.3, 0.4) is 0 Å². The first-order chi connectivity index (χ1) is 8.79. The van der Waals surface area contributed by atoms with Crippen molar-refractivity contribution >= 4 is 17.0 Å². The number of rotatable bonds is 2. The normalized spacial score (nSPS) is 37.0. The minimum absolute atomic E-state index is 0. The van der Waals surface area contributed by atoms with E-state index in [4.69, 9.17) is 4.74 Å². The summed E-state index contributed by atoms with van der Waals surface area (Å²) in [5, 5.41) is 0. The van der Waals surface area contributed by atoms with Gasteiger partial charge >= 0.3 is 0 Å². The molecule has 5 rings (SSSR count). The van der Waals surface area contributed by atoms with Crippen molar-refractivity contribution in [2.45, 2.75) is 43.9 Å². The quantitative estimate of drug-likeness (QED) is 0.665. The fourth-order valence-electron chi connectivity index (χ4n) is 5.52. The summed E-state index contributed by atoms with van der Waals surface area (Å²) in [5.74, 6) is 4.13. The molecule has 4 aliphatic carbocycles. The second-order valence-corrected chi connectivity index (χ2v) is 6.90. The molecule has 0 spiro atoms. The smallest absolute Gasteiger partial charge is 0.122 e. The molecule has 0 heterocycles. The van der Waals surface area contributed by atoms with Crippen molar-refractivity contribution in [2.75, 3.05) is 7.11 Å². The van der Waals surface area contributed by atoms with Crippen molar-refractivity contribution in [1.82, 2.24) is 0 Å². The number of hydrogen-bond acceptors (Lipinski definition) is 1. The number of para-hydroxylation sites is 1. The topological polar surface area (TPSA) is 9.23 Å². The van der Waals surface area contributed by atoms with Gasteiger partial charge in [0.15, 0.2) is 0 Å². The van der Waals surface area contributed by atoms with Crippen molar-refractivity contribution < 1.29 is 24.2 Å². The molecule has 0 aromatic heterocycles. The zero-order valence-corrected chi connectivity index (χ0v) is 17.0.